The van der Waals surface area contributed by atoms with Crippen molar-refractivity contribution in [1.82, 2.24) is 5.43 Å². The molecule has 50 valence electrons. The minimum absolute atomic E-state index is 0.289. The highest BCUT2D eigenvalue weighted by molar-refractivity contribution is 6.65. The Morgan fingerprint density at radius 2 is 2.67 bits per heavy atom. The van der Waals surface area contributed by atoms with Crippen LogP contribution in [0.3, 0.4) is 0 Å². The van der Waals surface area contributed by atoms with E-state index < -0.39 is 12.0 Å². The van der Waals surface area contributed by atoms with Crippen LogP contribution in [0.15, 0.2) is 5.10 Å². The monoisotopic (exact) mass is 148 g/mol. The molecule has 0 spiro atoms. The number of carboxylic acids is 1. The summed E-state index contributed by atoms with van der Waals surface area (Å²) >= 11 is 5.38. The fourth-order valence-electron chi connectivity index (χ4n) is 0.550. The Bertz CT molecular complexity index is 168. The Labute approximate surface area is 56.5 Å². The van der Waals surface area contributed by atoms with Gasteiger partial charge < -0.3 is 5.11 Å². The maximum atomic E-state index is 10.2. The molecule has 0 radical (unpaired) electrons. The summed E-state index contributed by atoms with van der Waals surface area (Å²) in [6.45, 7) is 0. The number of halogens is 1. The minimum Gasteiger partial charge on any atom is -0.480 e. The van der Waals surface area contributed by atoms with E-state index in [9.17, 15) is 4.79 Å². The third-order valence-electron chi connectivity index (χ3n) is 1.01. The minimum atomic E-state index is -0.922. The van der Waals surface area contributed by atoms with Crippen LogP contribution in [0, 0.1) is 0 Å². The summed E-state index contributed by atoms with van der Waals surface area (Å²) < 4.78 is 0. The van der Waals surface area contributed by atoms with E-state index in [2.05, 4.69) is 10.5 Å². The molecule has 0 aromatic rings. The first kappa shape index (κ1) is 6.35. The maximum Gasteiger partial charge on any atom is 0.328 e. The molecule has 0 aromatic heterocycles. The molecule has 0 bridgehead atoms. The molecule has 0 amide bonds. The standard InChI is InChI=1S/C4H5ClN2O2/c5-3-1-2(4(8)9)6-7-3/h2,6H,1H2,(H,8,9). The van der Waals surface area contributed by atoms with Gasteiger partial charge in [0.05, 0.1) is 0 Å². The smallest absolute Gasteiger partial charge is 0.328 e. The summed E-state index contributed by atoms with van der Waals surface area (Å²) in [4.78, 5) is 10.2. The molecule has 1 atom stereocenters. The third-order valence-corrected chi connectivity index (χ3v) is 1.25. The van der Waals surface area contributed by atoms with Gasteiger partial charge in [0.1, 0.15) is 11.2 Å². The lowest BCUT2D eigenvalue weighted by atomic mass is 10.2. The molecule has 1 rings (SSSR count). The lowest BCUT2D eigenvalue weighted by Crippen LogP contribution is -2.28. The fourth-order valence-corrected chi connectivity index (χ4v) is 0.753. The van der Waals surface area contributed by atoms with E-state index in [0.29, 0.717) is 5.17 Å². The number of carboxylic acid groups (broad SMARTS) is 1. The summed E-state index contributed by atoms with van der Waals surface area (Å²) in [6.07, 6.45) is 0.289. The van der Waals surface area contributed by atoms with Crippen LogP contribution in [0.4, 0.5) is 0 Å². The van der Waals surface area contributed by atoms with Crippen molar-refractivity contribution >= 4 is 22.7 Å². The van der Waals surface area contributed by atoms with Crippen molar-refractivity contribution in [3.05, 3.63) is 0 Å². The quantitative estimate of drug-likeness (QED) is 0.550. The van der Waals surface area contributed by atoms with Crippen LogP contribution in [0.25, 0.3) is 0 Å². The van der Waals surface area contributed by atoms with Crippen molar-refractivity contribution in [3.63, 3.8) is 0 Å². The van der Waals surface area contributed by atoms with Crippen molar-refractivity contribution in [2.45, 2.75) is 12.5 Å². The average Bonchev–Trinajstić information content (AvgIpc) is 2.14. The predicted octanol–water partition coefficient (Wildman–Crippen LogP) is -0.0148. The molecular weight excluding hydrogens is 144 g/mol. The van der Waals surface area contributed by atoms with Crippen LogP contribution in [-0.4, -0.2) is 22.3 Å². The van der Waals surface area contributed by atoms with Crippen molar-refractivity contribution in [3.8, 4) is 0 Å². The Balaban J connectivity index is 2.47. The average molecular weight is 149 g/mol. The summed E-state index contributed by atoms with van der Waals surface area (Å²) in [7, 11) is 0. The number of nitrogens with one attached hydrogen (secondary N) is 1. The van der Waals surface area contributed by atoms with Crippen LogP contribution in [0.2, 0.25) is 0 Å². The van der Waals surface area contributed by atoms with E-state index in [1.54, 1.807) is 0 Å². The summed E-state index contributed by atoms with van der Waals surface area (Å²) in [5.74, 6) is -0.922. The number of carbonyl (C=O) groups is 1. The van der Waals surface area contributed by atoms with E-state index in [1.807, 2.05) is 0 Å². The first-order valence-electron chi connectivity index (χ1n) is 2.40. The number of nitrogens with zero attached hydrogens (tertiary/aromatic N) is 1. The van der Waals surface area contributed by atoms with E-state index >= 15 is 0 Å². The fraction of sp³-hybridized carbons (Fsp3) is 0.500. The third kappa shape index (κ3) is 1.32. The zero-order valence-electron chi connectivity index (χ0n) is 4.47. The molecule has 9 heavy (non-hydrogen) atoms. The number of hydrogen-bond donors (Lipinski definition) is 2. The van der Waals surface area contributed by atoms with Crippen LogP contribution >= 0.6 is 11.6 Å². The maximum absolute atomic E-state index is 10.2. The lowest BCUT2D eigenvalue weighted by molar-refractivity contribution is -0.139. The Kier molecular flexibility index (Phi) is 1.57. The van der Waals surface area contributed by atoms with Crippen LogP contribution < -0.4 is 5.43 Å². The molecule has 1 unspecified atom stereocenters. The zero-order chi connectivity index (χ0) is 6.85. The van der Waals surface area contributed by atoms with Gasteiger partial charge in [-0.15, -0.1) is 0 Å². The molecule has 0 saturated heterocycles. The number of hydrogen-bond acceptors (Lipinski definition) is 3. The van der Waals surface area contributed by atoms with Gasteiger partial charge in [0.2, 0.25) is 0 Å². The van der Waals surface area contributed by atoms with Gasteiger partial charge >= 0.3 is 5.97 Å². The van der Waals surface area contributed by atoms with Gasteiger partial charge in [-0.1, -0.05) is 11.6 Å². The van der Waals surface area contributed by atoms with Gasteiger partial charge in [0, 0.05) is 6.42 Å². The van der Waals surface area contributed by atoms with Gasteiger partial charge in [0.25, 0.3) is 0 Å². The van der Waals surface area contributed by atoms with Crippen LogP contribution in [0.1, 0.15) is 6.42 Å². The topological polar surface area (TPSA) is 61.7 Å². The van der Waals surface area contributed by atoms with Gasteiger partial charge in [-0.3, -0.25) is 5.43 Å². The molecule has 1 aliphatic heterocycles. The molecular formula is C4H5ClN2O2. The highest BCUT2D eigenvalue weighted by atomic mass is 35.5. The number of rotatable bonds is 1. The van der Waals surface area contributed by atoms with Gasteiger partial charge in [-0.05, 0) is 0 Å². The SMILES string of the molecule is O=C(O)C1CC(Cl)=NN1. The summed E-state index contributed by atoms with van der Waals surface area (Å²) in [6, 6.07) is -0.627. The van der Waals surface area contributed by atoms with E-state index in [1.165, 1.54) is 0 Å². The molecule has 2 N–H and O–H groups in total. The summed E-state index contributed by atoms with van der Waals surface area (Å²) in [5.41, 5.74) is 2.36. The number of hydrazone groups is 1. The molecule has 0 aliphatic carbocycles. The highest BCUT2D eigenvalue weighted by Gasteiger charge is 2.22. The van der Waals surface area contributed by atoms with Crippen LogP contribution in [-0.2, 0) is 4.79 Å². The van der Waals surface area contributed by atoms with Crippen molar-refractivity contribution in [2.24, 2.45) is 5.10 Å². The summed E-state index contributed by atoms with van der Waals surface area (Å²) in [5, 5.41) is 12.1. The predicted molar refractivity (Wildman–Crippen MR) is 32.5 cm³/mol. The molecule has 5 heteroatoms. The van der Waals surface area contributed by atoms with E-state index in [0.717, 1.165) is 0 Å². The molecule has 1 aliphatic rings. The highest BCUT2D eigenvalue weighted by Crippen LogP contribution is 2.05. The second-order valence-electron chi connectivity index (χ2n) is 1.71. The Morgan fingerprint density at radius 1 is 2.00 bits per heavy atom. The first-order valence-corrected chi connectivity index (χ1v) is 2.78. The van der Waals surface area contributed by atoms with Gasteiger partial charge in [-0.25, -0.2) is 4.79 Å². The van der Waals surface area contributed by atoms with Crippen molar-refractivity contribution < 1.29 is 9.90 Å². The number of aliphatic carboxylic acids is 1. The second-order valence-corrected chi connectivity index (χ2v) is 2.15. The second kappa shape index (κ2) is 2.23. The van der Waals surface area contributed by atoms with E-state index in [-0.39, 0.29) is 6.42 Å². The molecule has 0 aromatic carbocycles. The van der Waals surface area contributed by atoms with Crippen molar-refractivity contribution in [2.75, 3.05) is 0 Å². The van der Waals surface area contributed by atoms with Crippen molar-refractivity contribution in [1.29, 1.82) is 0 Å². The normalized spacial score (nSPS) is 25.0. The zero-order valence-corrected chi connectivity index (χ0v) is 5.22. The van der Waals surface area contributed by atoms with Gasteiger partial charge in [-0.2, -0.15) is 5.10 Å². The molecule has 1 heterocycles. The first-order chi connectivity index (χ1) is 4.20. The van der Waals surface area contributed by atoms with Gasteiger partial charge in [0.15, 0.2) is 0 Å². The molecule has 0 saturated carbocycles. The Morgan fingerprint density at radius 3 is 2.89 bits per heavy atom. The Hall–Kier alpha value is -0.770. The molecule has 4 nitrogen and oxygen atoms in total. The van der Waals surface area contributed by atoms with E-state index in [4.69, 9.17) is 16.7 Å². The lowest BCUT2D eigenvalue weighted by Gasteiger charge is -1.99. The van der Waals surface area contributed by atoms with Crippen LogP contribution in [0.5, 0.6) is 0 Å². The molecule has 0 fully saturated rings. The largest absolute Gasteiger partial charge is 0.480 e.